The molecule has 0 bridgehead atoms. The lowest BCUT2D eigenvalue weighted by Gasteiger charge is -2.12. The molecule has 134 valence electrons. The molecule has 8 heteroatoms. The van der Waals surface area contributed by atoms with Gasteiger partial charge < -0.3 is 15.4 Å². The Morgan fingerprint density at radius 1 is 1.12 bits per heavy atom. The average molecular weight is 346 g/mol. The molecule has 2 amide bonds. The first-order valence-electron chi connectivity index (χ1n) is 7.57. The van der Waals surface area contributed by atoms with E-state index in [4.69, 9.17) is 0 Å². The van der Waals surface area contributed by atoms with Crippen molar-refractivity contribution in [3.8, 4) is 0 Å². The summed E-state index contributed by atoms with van der Waals surface area (Å²) >= 11 is 0. The molecule has 2 N–H and O–H groups in total. The van der Waals surface area contributed by atoms with Crippen molar-refractivity contribution in [3.05, 3.63) is 35.9 Å². The van der Waals surface area contributed by atoms with Gasteiger partial charge in [-0.05, 0) is 17.9 Å². The Kier molecular flexibility index (Phi) is 8.08. The second kappa shape index (κ2) is 9.79. The van der Waals surface area contributed by atoms with E-state index in [1.165, 1.54) is 5.56 Å². The van der Waals surface area contributed by atoms with Crippen molar-refractivity contribution in [2.45, 2.75) is 31.9 Å². The minimum Gasteiger partial charge on any atom is -0.440 e. The van der Waals surface area contributed by atoms with Crippen LogP contribution in [0.5, 0.6) is 0 Å². The number of hydrogen-bond donors (Lipinski definition) is 2. The van der Waals surface area contributed by atoms with Gasteiger partial charge in [0.1, 0.15) is 0 Å². The maximum Gasteiger partial charge on any atom is 0.422 e. The van der Waals surface area contributed by atoms with Crippen molar-refractivity contribution in [1.29, 1.82) is 0 Å². The van der Waals surface area contributed by atoms with Crippen LogP contribution in [0.4, 0.5) is 18.0 Å². The fraction of sp³-hybridized carbons (Fsp3) is 0.500. The number of ether oxygens (including phenoxy) is 1. The van der Waals surface area contributed by atoms with Crippen molar-refractivity contribution in [2.24, 2.45) is 0 Å². The van der Waals surface area contributed by atoms with Gasteiger partial charge in [-0.1, -0.05) is 37.3 Å². The Morgan fingerprint density at radius 2 is 1.79 bits per heavy atom. The van der Waals surface area contributed by atoms with E-state index in [9.17, 15) is 22.8 Å². The highest BCUT2D eigenvalue weighted by molar-refractivity contribution is 5.76. The predicted molar refractivity (Wildman–Crippen MR) is 82.5 cm³/mol. The average Bonchev–Trinajstić information content (AvgIpc) is 2.53. The van der Waals surface area contributed by atoms with Gasteiger partial charge in [0.05, 0.1) is 0 Å². The molecule has 1 atom stereocenters. The SMILES string of the molecule is CC(CCNC(=O)CCNC(=O)OCC(F)(F)F)c1ccccc1. The standard InChI is InChI=1S/C16H21F3N2O3/c1-12(13-5-3-2-4-6-13)7-9-20-14(22)8-10-21-15(23)24-11-16(17,18)19/h2-6,12H,7-11H2,1H3,(H,20,22)(H,21,23). The molecule has 1 aromatic rings. The second-order valence-electron chi connectivity index (χ2n) is 5.32. The van der Waals surface area contributed by atoms with E-state index >= 15 is 0 Å². The summed E-state index contributed by atoms with van der Waals surface area (Å²) < 4.78 is 39.4. The van der Waals surface area contributed by atoms with Gasteiger partial charge in [-0.3, -0.25) is 4.79 Å². The Bertz CT molecular complexity index is 521. The van der Waals surface area contributed by atoms with Crippen molar-refractivity contribution in [1.82, 2.24) is 10.6 Å². The van der Waals surface area contributed by atoms with Crippen LogP contribution in [0, 0.1) is 0 Å². The van der Waals surface area contributed by atoms with Gasteiger partial charge in [0, 0.05) is 19.5 Å². The fourth-order valence-corrected chi connectivity index (χ4v) is 1.94. The number of alkyl halides is 3. The predicted octanol–water partition coefficient (Wildman–Crippen LogP) is 2.98. The Labute approximate surface area is 138 Å². The van der Waals surface area contributed by atoms with Crippen LogP contribution in [0.25, 0.3) is 0 Å². The third-order valence-corrected chi connectivity index (χ3v) is 3.26. The smallest absolute Gasteiger partial charge is 0.422 e. The van der Waals surface area contributed by atoms with Gasteiger partial charge in [-0.25, -0.2) is 4.79 Å². The number of rotatable bonds is 8. The maximum absolute atomic E-state index is 11.8. The molecule has 0 aromatic heterocycles. The number of nitrogens with one attached hydrogen (secondary N) is 2. The Morgan fingerprint density at radius 3 is 2.42 bits per heavy atom. The van der Waals surface area contributed by atoms with Gasteiger partial charge in [-0.15, -0.1) is 0 Å². The minimum absolute atomic E-state index is 0.0269. The van der Waals surface area contributed by atoms with Gasteiger partial charge in [-0.2, -0.15) is 13.2 Å². The summed E-state index contributed by atoms with van der Waals surface area (Å²) in [5.74, 6) is 0.00774. The summed E-state index contributed by atoms with van der Waals surface area (Å²) in [4.78, 5) is 22.5. The molecule has 0 spiro atoms. The first-order chi connectivity index (χ1) is 11.3. The van der Waals surface area contributed by atoms with Gasteiger partial charge in [0.2, 0.25) is 5.91 Å². The number of hydrogen-bond acceptors (Lipinski definition) is 3. The van der Waals surface area contributed by atoms with E-state index in [1.807, 2.05) is 30.3 Å². The van der Waals surface area contributed by atoms with Crippen LogP contribution in [-0.2, 0) is 9.53 Å². The number of carbonyl (C=O) groups excluding carboxylic acids is 2. The third-order valence-electron chi connectivity index (χ3n) is 3.26. The van der Waals surface area contributed by atoms with Crippen LogP contribution < -0.4 is 10.6 Å². The van der Waals surface area contributed by atoms with Gasteiger partial charge in [0.25, 0.3) is 0 Å². The van der Waals surface area contributed by atoms with Crippen LogP contribution >= 0.6 is 0 Å². The fourth-order valence-electron chi connectivity index (χ4n) is 1.94. The first kappa shape index (κ1) is 19.8. The molecule has 0 aliphatic rings. The minimum atomic E-state index is -4.57. The summed E-state index contributed by atoms with van der Waals surface area (Å²) in [5, 5.41) is 4.79. The topological polar surface area (TPSA) is 67.4 Å². The molecule has 5 nitrogen and oxygen atoms in total. The molecule has 24 heavy (non-hydrogen) atoms. The molecule has 0 heterocycles. The molecule has 0 saturated carbocycles. The molecule has 0 fully saturated rings. The van der Waals surface area contributed by atoms with E-state index in [0.717, 1.165) is 6.42 Å². The molecule has 1 rings (SSSR count). The van der Waals surface area contributed by atoms with Crippen molar-refractivity contribution < 1.29 is 27.5 Å². The number of benzene rings is 1. The van der Waals surface area contributed by atoms with E-state index in [0.29, 0.717) is 12.5 Å². The largest absolute Gasteiger partial charge is 0.440 e. The number of amides is 2. The van der Waals surface area contributed by atoms with Crippen LogP contribution in [0.2, 0.25) is 0 Å². The normalized spacial score (nSPS) is 12.3. The zero-order chi connectivity index (χ0) is 18.0. The lowest BCUT2D eigenvalue weighted by Crippen LogP contribution is -2.33. The van der Waals surface area contributed by atoms with Crippen LogP contribution in [0.1, 0.15) is 31.2 Å². The Hall–Kier alpha value is -2.25. The van der Waals surface area contributed by atoms with Gasteiger partial charge in [0.15, 0.2) is 6.61 Å². The van der Waals surface area contributed by atoms with E-state index in [1.54, 1.807) is 0 Å². The third kappa shape index (κ3) is 9.02. The van der Waals surface area contributed by atoms with Crippen LogP contribution in [0.3, 0.4) is 0 Å². The zero-order valence-corrected chi connectivity index (χ0v) is 13.4. The second-order valence-corrected chi connectivity index (χ2v) is 5.32. The van der Waals surface area contributed by atoms with Crippen LogP contribution in [0.15, 0.2) is 30.3 Å². The highest BCUT2D eigenvalue weighted by Gasteiger charge is 2.29. The zero-order valence-electron chi connectivity index (χ0n) is 13.4. The summed E-state index contributed by atoms with van der Waals surface area (Å²) in [6.07, 6.45) is -5.03. The molecule has 1 unspecified atom stereocenters. The van der Waals surface area contributed by atoms with Crippen molar-refractivity contribution >= 4 is 12.0 Å². The van der Waals surface area contributed by atoms with Gasteiger partial charge >= 0.3 is 12.3 Å². The lowest BCUT2D eigenvalue weighted by molar-refractivity contribution is -0.160. The molecule has 0 saturated heterocycles. The summed E-state index contributed by atoms with van der Waals surface area (Å²) in [5.41, 5.74) is 1.18. The summed E-state index contributed by atoms with van der Waals surface area (Å²) in [6, 6.07) is 9.87. The molecule has 0 radical (unpaired) electrons. The summed E-state index contributed by atoms with van der Waals surface area (Å²) in [7, 11) is 0. The van der Waals surface area contributed by atoms with E-state index in [-0.39, 0.29) is 18.9 Å². The number of alkyl carbamates (subject to hydrolysis) is 1. The quantitative estimate of drug-likeness (QED) is 0.760. The lowest BCUT2D eigenvalue weighted by atomic mass is 9.98. The van der Waals surface area contributed by atoms with E-state index < -0.39 is 18.9 Å². The van der Waals surface area contributed by atoms with Crippen molar-refractivity contribution in [3.63, 3.8) is 0 Å². The summed E-state index contributed by atoms with van der Waals surface area (Å²) in [6.45, 7) is 0.798. The maximum atomic E-state index is 11.8. The molecule has 0 aliphatic carbocycles. The number of halogens is 3. The first-order valence-corrected chi connectivity index (χ1v) is 7.57. The Balaban J connectivity index is 2.11. The van der Waals surface area contributed by atoms with E-state index in [2.05, 4.69) is 22.3 Å². The van der Waals surface area contributed by atoms with Crippen molar-refractivity contribution in [2.75, 3.05) is 19.7 Å². The molecule has 0 aliphatic heterocycles. The molecular weight excluding hydrogens is 325 g/mol. The monoisotopic (exact) mass is 346 g/mol. The highest BCUT2D eigenvalue weighted by atomic mass is 19.4. The number of carbonyl (C=O) groups is 2. The highest BCUT2D eigenvalue weighted by Crippen LogP contribution is 2.17. The van der Waals surface area contributed by atoms with Crippen LogP contribution in [-0.4, -0.2) is 37.9 Å². The molecule has 1 aromatic carbocycles. The molecular formula is C16H21F3N2O3.